The fourth-order valence-electron chi connectivity index (χ4n) is 1.74. The summed E-state index contributed by atoms with van der Waals surface area (Å²) >= 11 is 0. The molecule has 1 unspecified atom stereocenters. The molecule has 0 aliphatic carbocycles. The van der Waals surface area contributed by atoms with Gasteiger partial charge in [-0.05, 0) is 30.4 Å². The lowest BCUT2D eigenvalue weighted by molar-refractivity contribution is 0.605. The molecule has 15 heavy (non-hydrogen) atoms. The third-order valence-corrected chi connectivity index (χ3v) is 2.94. The maximum absolute atomic E-state index is 13.9. The molecule has 3 nitrogen and oxygen atoms in total. The molecule has 0 amide bonds. The maximum atomic E-state index is 13.9. The lowest BCUT2D eigenvalue weighted by Crippen LogP contribution is -2.03. The molecule has 4 heteroatoms. The van der Waals surface area contributed by atoms with Crippen molar-refractivity contribution in [1.29, 1.82) is 0 Å². The Morgan fingerprint density at radius 2 is 2.27 bits per heavy atom. The highest BCUT2D eigenvalue weighted by molar-refractivity contribution is 5.45. The smallest absolute Gasteiger partial charge is 0.191 e. The fraction of sp³-hybridized carbons (Fsp3) is 0.455. The van der Waals surface area contributed by atoms with Gasteiger partial charge in [0, 0.05) is 6.20 Å². The second-order valence-corrected chi connectivity index (χ2v) is 3.86. The first-order valence-electron chi connectivity index (χ1n) is 5.13. The molecule has 0 bridgehead atoms. The minimum atomic E-state index is -0.259. The minimum absolute atomic E-state index is 0.259. The van der Waals surface area contributed by atoms with Crippen molar-refractivity contribution in [3.05, 3.63) is 29.5 Å². The van der Waals surface area contributed by atoms with Crippen LogP contribution in [0.3, 0.4) is 0 Å². The predicted molar refractivity (Wildman–Crippen MR) is 56.4 cm³/mol. The van der Waals surface area contributed by atoms with E-state index in [1.54, 1.807) is 6.92 Å². The van der Waals surface area contributed by atoms with Crippen molar-refractivity contribution < 1.29 is 4.39 Å². The zero-order chi connectivity index (χ0) is 11.0. The highest BCUT2D eigenvalue weighted by Crippen LogP contribution is 2.25. The van der Waals surface area contributed by atoms with Crippen molar-refractivity contribution in [3.8, 4) is 0 Å². The predicted octanol–water partition coefficient (Wildman–Crippen LogP) is 2.69. The molecule has 1 atom stereocenters. The van der Waals surface area contributed by atoms with E-state index in [1.165, 1.54) is 10.8 Å². The number of fused-ring (bicyclic) bond motifs is 1. The van der Waals surface area contributed by atoms with Crippen molar-refractivity contribution in [2.45, 2.75) is 33.1 Å². The molecule has 2 aromatic rings. The van der Waals surface area contributed by atoms with Gasteiger partial charge in [-0.1, -0.05) is 13.8 Å². The molecule has 0 N–H and O–H groups in total. The van der Waals surface area contributed by atoms with Crippen LogP contribution in [0.25, 0.3) is 5.65 Å². The summed E-state index contributed by atoms with van der Waals surface area (Å²) in [5.41, 5.74) is 2.00. The minimum Gasteiger partial charge on any atom is -0.218 e. The van der Waals surface area contributed by atoms with Gasteiger partial charge in [0.15, 0.2) is 11.5 Å². The average molecular weight is 207 g/mol. The second-order valence-electron chi connectivity index (χ2n) is 3.86. The van der Waals surface area contributed by atoms with Crippen LogP contribution in [0.4, 0.5) is 4.39 Å². The van der Waals surface area contributed by atoms with Crippen molar-refractivity contribution in [3.63, 3.8) is 0 Å². The molecule has 2 aromatic heterocycles. The Kier molecular flexibility index (Phi) is 2.42. The van der Waals surface area contributed by atoms with Crippen molar-refractivity contribution in [2.75, 3.05) is 0 Å². The van der Waals surface area contributed by atoms with E-state index in [9.17, 15) is 4.39 Å². The van der Waals surface area contributed by atoms with Crippen molar-refractivity contribution in [1.82, 2.24) is 14.6 Å². The van der Waals surface area contributed by atoms with Gasteiger partial charge in [0.05, 0.1) is 0 Å². The number of rotatable bonds is 2. The Labute approximate surface area is 87.9 Å². The Hall–Kier alpha value is -1.45. The van der Waals surface area contributed by atoms with E-state index in [0.29, 0.717) is 17.1 Å². The number of hydrogen-bond acceptors (Lipinski definition) is 2. The van der Waals surface area contributed by atoms with Gasteiger partial charge in [0.1, 0.15) is 6.33 Å². The van der Waals surface area contributed by atoms with E-state index in [1.807, 2.05) is 6.20 Å². The summed E-state index contributed by atoms with van der Waals surface area (Å²) in [4.78, 5) is 3.88. The van der Waals surface area contributed by atoms with Crippen molar-refractivity contribution >= 4 is 5.65 Å². The molecule has 0 aromatic carbocycles. The van der Waals surface area contributed by atoms with Crippen LogP contribution < -0.4 is 0 Å². The first-order valence-corrected chi connectivity index (χ1v) is 5.13. The SMILES string of the molecule is CCC(C)c1cn2ncnc2c(F)c1C. The highest BCUT2D eigenvalue weighted by atomic mass is 19.1. The summed E-state index contributed by atoms with van der Waals surface area (Å²) in [6.07, 6.45) is 4.23. The summed E-state index contributed by atoms with van der Waals surface area (Å²) < 4.78 is 15.4. The molecule has 2 heterocycles. The standard InChI is InChI=1S/C11H14FN3/c1-4-7(2)9-5-15-11(13-6-14-15)10(12)8(9)3/h5-7H,4H2,1-3H3. The fourth-order valence-corrected chi connectivity index (χ4v) is 1.74. The summed E-state index contributed by atoms with van der Waals surface area (Å²) in [6.45, 7) is 5.98. The summed E-state index contributed by atoms with van der Waals surface area (Å²) in [7, 11) is 0. The molecular weight excluding hydrogens is 193 g/mol. The van der Waals surface area contributed by atoms with E-state index in [4.69, 9.17) is 0 Å². The number of hydrogen-bond donors (Lipinski definition) is 0. The Balaban J connectivity index is 2.70. The topological polar surface area (TPSA) is 30.2 Å². The van der Waals surface area contributed by atoms with Gasteiger partial charge in [0.2, 0.25) is 0 Å². The van der Waals surface area contributed by atoms with E-state index in [0.717, 1.165) is 12.0 Å². The van der Waals surface area contributed by atoms with Crippen LogP contribution in [-0.2, 0) is 0 Å². The van der Waals surface area contributed by atoms with Gasteiger partial charge in [0.25, 0.3) is 0 Å². The van der Waals surface area contributed by atoms with Gasteiger partial charge in [-0.2, -0.15) is 5.10 Å². The van der Waals surface area contributed by atoms with Gasteiger partial charge in [-0.25, -0.2) is 13.9 Å². The number of halogens is 1. The second kappa shape index (κ2) is 3.61. The van der Waals surface area contributed by atoms with E-state index >= 15 is 0 Å². The van der Waals surface area contributed by atoms with E-state index < -0.39 is 0 Å². The van der Waals surface area contributed by atoms with Gasteiger partial charge in [-0.3, -0.25) is 0 Å². The molecule has 0 saturated carbocycles. The van der Waals surface area contributed by atoms with Crippen LogP contribution in [-0.4, -0.2) is 14.6 Å². The van der Waals surface area contributed by atoms with Crippen molar-refractivity contribution in [2.24, 2.45) is 0 Å². The summed E-state index contributed by atoms with van der Waals surface area (Å²) in [5, 5.41) is 3.96. The van der Waals surface area contributed by atoms with E-state index in [2.05, 4.69) is 23.9 Å². The molecule has 0 saturated heterocycles. The molecule has 80 valence electrons. The largest absolute Gasteiger partial charge is 0.218 e. The quantitative estimate of drug-likeness (QED) is 0.757. The van der Waals surface area contributed by atoms with Crippen LogP contribution in [0, 0.1) is 12.7 Å². The molecule has 0 aliphatic heterocycles. The monoisotopic (exact) mass is 207 g/mol. The normalized spacial score (nSPS) is 13.3. The summed E-state index contributed by atoms with van der Waals surface area (Å²) in [6, 6.07) is 0. The lowest BCUT2D eigenvalue weighted by atomic mass is 9.96. The molecular formula is C11H14FN3. The number of nitrogens with zero attached hydrogens (tertiary/aromatic N) is 3. The molecule has 0 radical (unpaired) electrons. The first-order chi connectivity index (χ1) is 7.15. The van der Waals surface area contributed by atoms with Gasteiger partial charge < -0.3 is 0 Å². The maximum Gasteiger partial charge on any atom is 0.191 e. The third-order valence-electron chi connectivity index (χ3n) is 2.94. The van der Waals surface area contributed by atoms with Crippen LogP contribution in [0.15, 0.2) is 12.5 Å². The zero-order valence-electron chi connectivity index (χ0n) is 9.16. The van der Waals surface area contributed by atoms with Crippen LogP contribution >= 0.6 is 0 Å². The summed E-state index contributed by atoms with van der Waals surface area (Å²) in [5.74, 6) is 0.0819. The molecule has 0 fully saturated rings. The highest BCUT2D eigenvalue weighted by Gasteiger charge is 2.15. The van der Waals surface area contributed by atoms with Crippen LogP contribution in [0.2, 0.25) is 0 Å². The van der Waals surface area contributed by atoms with Crippen LogP contribution in [0.5, 0.6) is 0 Å². The molecule has 2 rings (SSSR count). The molecule has 0 aliphatic rings. The molecule has 0 spiro atoms. The van der Waals surface area contributed by atoms with Gasteiger partial charge >= 0.3 is 0 Å². The Morgan fingerprint density at radius 3 is 2.93 bits per heavy atom. The number of aromatic nitrogens is 3. The lowest BCUT2D eigenvalue weighted by Gasteiger charge is -2.13. The Morgan fingerprint density at radius 1 is 1.53 bits per heavy atom. The zero-order valence-corrected chi connectivity index (χ0v) is 9.16. The average Bonchev–Trinajstić information content (AvgIpc) is 2.70. The van der Waals surface area contributed by atoms with Crippen LogP contribution in [0.1, 0.15) is 37.3 Å². The number of pyridine rings is 1. The van der Waals surface area contributed by atoms with Gasteiger partial charge in [-0.15, -0.1) is 0 Å². The van der Waals surface area contributed by atoms with E-state index in [-0.39, 0.29) is 5.82 Å². The Bertz CT molecular complexity index is 490. The third kappa shape index (κ3) is 1.50. The first kappa shape index (κ1) is 10.1.